The first kappa shape index (κ1) is 15.4. The van der Waals surface area contributed by atoms with Gasteiger partial charge in [-0.15, -0.1) is 0 Å². The molecule has 1 fully saturated rings. The minimum absolute atomic E-state index is 0.139. The van der Waals surface area contributed by atoms with Crippen LogP contribution in [0.3, 0.4) is 0 Å². The molecule has 0 aromatic carbocycles. The van der Waals surface area contributed by atoms with Gasteiger partial charge in [0.15, 0.2) is 6.61 Å². The summed E-state index contributed by atoms with van der Waals surface area (Å²) in [4.78, 5) is 17.3. The Kier molecular flexibility index (Phi) is 4.54. The lowest BCUT2D eigenvalue weighted by Gasteiger charge is -2.16. The minimum Gasteiger partial charge on any atom is -0.468 e. The number of amides is 2. The van der Waals surface area contributed by atoms with Crippen LogP contribution < -0.4 is 10.1 Å². The van der Waals surface area contributed by atoms with Crippen LogP contribution in [0.1, 0.15) is 13.3 Å². The fourth-order valence-corrected chi connectivity index (χ4v) is 2.02. The molecule has 0 saturated carbocycles. The summed E-state index contributed by atoms with van der Waals surface area (Å²) in [6.45, 7) is 2.08. The number of urea groups is 1. The topological polar surface area (TPSA) is 54.5 Å². The number of hydrogen-bond acceptors (Lipinski definition) is 3. The van der Waals surface area contributed by atoms with Gasteiger partial charge in [-0.2, -0.15) is 13.2 Å². The van der Waals surface area contributed by atoms with Gasteiger partial charge in [-0.3, -0.25) is 0 Å². The number of hydrogen-bond donors (Lipinski definition) is 1. The molecule has 0 bridgehead atoms. The van der Waals surface area contributed by atoms with Crippen molar-refractivity contribution in [3.63, 3.8) is 0 Å². The molecule has 0 aliphatic carbocycles. The number of carbonyl (C=O) groups is 1. The summed E-state index contributed by atoms with van der Waals surface area (Å²) in [6.07, 6.45) is -2.17. The van der Waals surface area contributed by atoms with Crippen LogP contribution in [0.15, 0.2) is 18.3 Å². The van der Waals surface area contributed by atoms with Crippen molar-refractivity contribution in [2.24, 2.45) is 5.92 Å². The van der Waals surface area contributed by atoms with Gasteiger partial charge in [-0.25, -0.2) is 9.78 Å². The summed E-state index contributed by atoms with van der Waals surface area (Å²) < 4.78 is 40.4. The summed E-state index contributed by atoms with van der Waals surface area (Å²) in [5, 5.41) is 2.65. The lowest BCUT2D eigenvalue weighted by atomic mass is 10.2. The number of anilines is 1. The van der Waals surface area contributed by atoms with E-state index in [2.05, 4.69) is 22.0 Å². The van der Waals surface area contributed by atoms with Gasteiger partial charge in [0.2, 0.25) is 5.88 Å². The molecule has 116 valence electrons. The molecular weight excluding hydrogens is 287 g/mol. The minimum atomic E-state index is -4.40. The van der Waals surface area contributed by atoms with Crippen LogP contribution >= 0.6 is 0 Å². The Balaban J connectivity index is 1.86. The Labute approximate surface area is 120 Å². The third kappa shape index (κ3) is 4.80. The molecule has 0 unspecified atom stereocenters. The number of rotatable bonds is 3. The van der Waals surface area contributed by atoms with E-state index in [1.165, 1.54) is 18.3 Å². The molecule has 2 amide bonds. The number of alkyl halides is 3. The molecule has 1 atom stereocenters. The van der Waals surface area contributed by atoms with Crippen LogP contribution in [0.2, 0.25) is 0 Å². The Morgan fingerprint density at radius 1 is 1.52 bits per heavy atom. The normalized spacial score (nSPS) is 18.7. The number of carbonyl (C=O) groups excluding carboxylic acids is 1. The number of nitrogens with zero attached hydrogens (tertiary/aromatic N) is 2. The number of likely N-dealkylation sites (tertiary alicyclic amines) is 1. The highest BCUT2D eigenvalue weighted by Gasteiger charge is 2.28. The molecule has 1 aliphatic rings. The number of ether oxygens (including phenoxy) is 1. The molecule has 5 nitrogen and oxygen atoms in total. The molecule has 2 rings (SSSR count). The molecule has 1 aromatic heterocycles. The molecule has 8 heteroatoms. The second-order valence-corrected chi connectivity index (χ2v) is 5.06. The van der Waals surface area contributed by atoms with E-state index in [0.717, 1.165) is 6.42 Å². The van der Waals surface area contributed by atoms with Crippen LogP contribution in [0.5, 0.6) is 5.88 Å². The fraction of sp³-hybridized carbons (Fsp3) is 0.538. The van der Waals surface area contributed by atoms with Gasteiger partial charge in [-0.05, 0) is 18.4 Å². The van der Waals surface area contributed by atoms with E-state index in [1.54, 1.807) is 4.90 Å². The van der Waals surface area contributed by atoms with Gasteiger partial charge in [-0.1, -0.05) is 6.92 Å². The predicted molar refractivity (Wildman–Crippen MR) is 70.2 cm³/mol. The first-order valence-corrected chi connectivity index (χ1v) is 6.55. The zero-order valence-electron chi connectivity index (χ0n) is 11.5. The highest BCUT2D eigenvalue weighted by atomic mass is 19.4. The van der Waals surface area contributed by atoms with Crippen molar-refractivity contribution < 1.29 is 22.7 Å². The molecule has 0 spiro atoms. The average Bonchev–Trinajstić information content (AvgIpc) is 2.84. The van der Waals surface area contributed by atoms with Gasteiger partial charge < -0.3 is 15.0 Å². The van der Waals surface area contributed by atoms with Gasteiger partial charge >= 0.3 is 12.2 Å². The molecule has 1 aliphatic heterocycles. The van der Waals surface area contributed by atoms with Gasteiger partial charge in [0.25, 0.3) is 0 Å². The molecule has 1 saturated heterocycles. The number of pyridine rings is 1. The summed E-state index contributed by atoms with van der Waals surface area (Å²) in [7, 11) is 0. The SMILES string of the molecule is C[C@H]1CCN(C(=O)Nc2ccc(OCC(F)(F)F)nc2)C1. The van der Waals surface area contributed by atoms with E-state index in [4.69, 9.17) is 0 Å². The van der Waals surface area contributed by atoms with Crippen molar-refractivity contribution in [3.05, 3.63) is 18.3 Å². The maximum atomic E-state index is 12.0. The second-order valence-electron chi connectivity index (χ2n) is 5.06. The van der Waals surface area contributed by atoms with Crippen LogP contribution in [-0.2, 0) is 0 Å². The van der Waals surface area contributed by atoms with Gasteiger partial charge in [0.1, 0.15) is 0 Å². The van der Waals surface area contributed by atoms with Crippen LogP contribution in [-0.4, -0.2) is 41.8 Å². The summed E-state index contributed by atoms with van der Waals surface area (Å²) in [5.74, 6) is 0.340. The molecule has 1 N–H and O–H groups in total. The number of aromatic nitrogens is 1. The zero-order valence-corrected chi connectivity index (χ0v) is 11.5. The van der Waals surface area contributed by atoms with Gasteiger partial charge in [0, 0.05) is 19.2 Å². The zero-order chi connectivity index (χ0) is 15.5. The monoisotopic (exact) mass is 303 g/mol. The first-order chi connectivity index (χ1) is 9.83. The van der Waals surface area contributed by atoms with Crippen molar-refractivity contribution in [3.8, 4) is 5.88 Å². The Bertz CT molecular complexity index is 490. The quantitative estimate of drug-likeness (QED) is 0.934. The van der Waals surface area contributed by atoms with Crippen molar-refractivity contribution in [1.82, 2.24) is 9.88 Å². The molecular formula is C13H16F3N3O2. The van der Waals surface area contributed by atoms with E-state index < -0.39 is 12.8 Å². The Morgan fingerprint density at radius 3 is 2.81 bits per heavy atom. The Hall–Kier alpha value is -1.99. The highest BCUT2D eigenvalue weighted by Crippen LogP contribution is 2.19. The highest BCUT2D eigenvalue weighted by molar-refractivity contribution is 5.89. The van der Waals surface area contributed by atoms with Crippen molar-refractivity contribution in [2.75, 3.05) is 25.0 Å². The van der Waals surface area contributed by atoms with Crippen molar-refractivity contribution in [1.29, 1.82) is 0 Å². The van der Waals surface area contributed by atoms with Crippen LogP contribution in [0, 0.1) is 5.92 Å². The van der Waals surface area contributed by atoms with Gasteiger partial charge in [0.05, 0.1) is 11.9 Å². The lowest BCUT2D eigenvalue weighted by Crippen LogP contribution is -2.32. The number of halogens is 3. The van der Waals surface area contributed by atoms with Crippen molar-refractivity contribution >= 4 is 11.7 Å². The largest absolute Gasteiger partial charge is 0.468 e. The maximum absolute atomic E-state index is 12.0. The molecule has 1 aromatic rings. The smallest absolute Gasteiger partial charge is 0.422 e. The summed E-state index contributed by atoms with van der Waals surface area (Å²) >= 11 is 0. The number of nitrogens with one attached hydrogen (secondary N) is 1. The summed E-state index contributed by atoms with van der Waals surface area (Å²) in [6, 6.07) is 2.51. The molecule has 0 radical (unpaired) electrons. The third-order valence-corrected chi connectivity index (χ3v) is 3.08. The lowest BCUT2D eigenvalue weighted by molar-refractivity contribution is -0.154. The van der Waals surface area contributed by atoms with E-state index in [9.17, 15) is 18.0 Å². The predicted octanol–water partition coefficient (Wildman–Crippen LogP) is 2.90. The van der Waals surface area contributed by atoms with Crippen molar-refractivity contribution in [2.45, 2.75) is 19.5 Å². The molecule has 2 heterocycles. The standard InChI is InChI=1S/C13H16F3N3O2/c1-9-4-5-19(7-9)12(20)18-10-2-3-11(17-6-10)21-8-13(14,15)16/h2-3,6,9H,4-5,7-8H2,1H3,(H,18,20)/t9-/m0/s1. The third-order valence-electron chi connectivity index (χ3n) is 3.08. The van der Waals surface area contributed by atoms with E-state index in [-0.39, 0.29) is 11.9 Å². The van der Waals surface area contributed by atoms with Crippen LogP contribution in [0.25, 0.3) is 0 Å². The fourth-order valence-electron chi connectivity index (χ4n) is 2.02. The van der Waals surface area contributed by atoms with E-state index in [1.807, 2.05) is 0 Å². The van der Waals surface area contributed by atoms with E-state index in [0.29, 0.717) is 24.7 Å². The summed E-state index contributed by atoms with van der Waals surface area (Å²) in [5.41, 5.74) is 0.416. The molecule has 21 heavy (non-hydrogen) atoms. The Morgan fingerprint density at radius 2 is 2.29 bits per heavy atom. The second kappa shape index (κ2) is 6.19. The van der Waals surface area contributed by atoms with Crippen LogP contribution in [0.4, 0.5) is 23.7 Å². The van der Waals surface area contributed by atoms with E-state index >= 15 is 0 Å². The maximum Gasteiger partial charge on any atom is 0.422 e. The average molecular weight is 303 g/mol. The first-order valence-electron chi connectivity index (χ1n) is 6.55.